The average molecular weight is 470 g/mol. The molecule has 1 heterocycles. The Morgan fingerprint density at radius 2 is 1.91 bits per heavy atom. The Balaban J connectivity index is 1.86. The highest BCUT2D eigenvalue weighted by atomic mass is 19.1. The molecule has 0 spiro atoms. The van der Waals surface area contributed by atoms with Gasteiger partial charge in [0.15, 0.2) is 0 Å². The highest BCUT2D eigenvalue weighted by molar-refractivity contribution is 6.04. The van der Waals surface area contributed by atoms with E-state index in [0.717, 1.165) is 30.7 Å². The number of nitrogens with one attached hydrogen (secondary N) is 1. The van der Waals surface area contributed by atoms with Crippen LogP contribution in [-0.4, -0.2) is 50.1 Å². The fourth-order valence-electron chi connectivity index (χ4n) is 4.12. The standard InChI is InChI=1S/C27H36FN3O3/c1-27(2,3)16-25(32)31(18-23-10-7-13-34-23)17-20-15-22(11-12-24(20)30(4)5)29-26(33)19-8-6-9-21(28)14-19/h6,8-9,11-12,14-15,23H,7,10,13,16-18H2,1-5H3,(H,29,33). The van der Waals surface area contributed by atoms with Gasteiger partial charge in [0.05, 0.1) is 6.10 Å². The number of hydrogen-bond donors (Lipinski definition) is 1. The number of nitrogens with zero attached hydrogens (tertiary/aromatic N) is 2. The van der Waals surface area contributed by atoms with Gasteiger partial charge >= 0.3 is 0 Å². The first kappa shape index (κ1) is 25.7. The van der Waals surface area contributed by atoms with Crippen molar-refractivity contribution >= 4 is 23.2 Å². The molecule has 0 aliphatic carbocycles. The minimum Gasteiger partial charge on any atom is -0.377 e. The molecule has 1 fully saturated rings. The predicted octanol–water partition coefficient (Wildman–Crippen LogP) is 5.09. The molecule has 2 aromatic rings. The smallest absolute Gasteiger partial charge is 0.255 e. The third kappa shape index (κ3) is 7.29. The van der Waals surface area contributed by atoms with Crippen LogP contribution in [0, 0.1) is 11.2 Å². The maximum absolute atomic E-state index is 13.5. The Bertz CT molecular complexity index is 1010. The largest absolute Gasteiger partial charge is 0.377 e. The summed E-state index contributed by atoms with van der Waals surface area (Å²) in [7, 11) is 3.90. The van der Waals surface area contributed by atoms with Gasteiger partial charge in [0.2, 0.25) is 5.91 Å². The lowest BCUT2D eigenvalue weighted by Gasteiger charge is -2.30. The van der Waals surface area contributed by atoms with Crippen molar-refractivity contribution in [3.63, 3.8) is 0 Å². The molecule has 0 aromatic heterocycles. The average Bonchev–Trinajstić information content (AvgIpc) is 3.25. The molecule has 2 aromatic carbocycles. The van der Waals surface area contributed by atoms with E-state index in [1.165, 1.54) is 18.2 Å². The lowest BCUT2D eigenvalue weighted by Crippen LogP contribution is -2.38. The van der Waals surface area contributed by atoms with Crippen LogP contribution in [0.15, 0.2) is 42.5 Å². The number of benzene rings is 2. The second kappa shape index (κ2) is 11.0. The molecule has 184 valence electrons. The summed E-state index contributed by atoms with van der Waals surface area (Å²) in [5, 5.41) is 2.85. The number of ether oxygens (including phenoxy) is 1. The van der Waals surface area contributed by atoms with Crippen molar-refractivity contribution in [2.24, 2.45) is 5.41 Å². The summed E-state index contributed by atoms with van der Waals surface area (Å²) in [5.74, 6) is -0.761. The number of amides is 2. The summed E-state index contributed by atoms with van der Waals surface area (Å²) in [6.07, 6.45) is 2.44. The SMILES string of the molecule is CN(C)c1ccc(NC(=O)c2cccc(F)c2)cc1CN(CC1CCCO1)C(=O)CC(C)(C)C. The first-order valence-corrected chi connectivity index (χ1v) is 11.8. The summed E-state index contributed by atoms with van der Waals surface area (Å²) < 4.78 is 19.4. The number of halogens is 1. The third-order valence-electron chi connectivity index (χ3n) is 5.75. The van der Waals surface area contributed by atoms with Crippen molar-refractivity contribution in [3.05, 3.63) is 59.4 Å². The fourth-order valence-corrected chi connectivity index (χ4v) is 4.12. The van der Waals surface area contributed by atoms with Crippen molar-refractivity contribution in [3.8, 4) is 0 Å². The molecule has 1 saturated heterocycles. The zero-order valence-corrected chi connectivity index (χ0v) is 20.9. The molecule has 6 nitrogen and oxygen atoms in total. The van der Waals surface area contributed by atoms with Crippen LogP contribution < -0.4 is 10.2 Å². The van der Waals surface area contributed by atoms with Crippen LogP contribution in [0.25, 0.3) is 0 Å². The molecule has 2 amide bonds. The van der Waals surface area contributed by atoms with Gasteiger partial charge in [-0.15, -0.1) is 0 Å². The van der Waals surface area contributed by atoms with Gasteiger partial charge in [0, 0.05) is 57.2 Å². The molecular weight excluding hydrogens is 433 g/mol. The van der Waals surface area contributed by atoms with Crippen LogP contribution in [0.1, 0.15) is 56.0 Å². The highest BCUT2D eigenvalue weighted by Crippen LogP contribution is 2.28. The predicted molar refractivity (Wildman–Crippen MR) is 134 cm³/mol. The van der Waals surface area contributed by atoms with Crippen molar-refractivity contribution < 1.29 is 18.7 Å². The highest BCUT2D eigenvalue weighted by Gasteiger charge is 2.26. The monoisotopic (exact) mass is 469 g/mol. The van der Waals surface area contributed by atoms with E-state index in [2.05, 4.69) is 26.1 Å². The maximum atomic E-state index is 13.5. The van der Waals surface area contributed by atoms with Crippen LogP contribution in [0.3, 0.4) is 0 Å². The quantitative estimate of drug-likeness (QED) is 0.585. The van der Waals surface area contributed by atoms with E-state index in [-0.39, 0.29) is 28.9 Å². The zero-order valence-electron chi connectivity index (χ0n) is 20.9. The molecule has 7 heteroatoms. The van der Waals surface area contributed by atoms with E-state index in [0.29, 0.717) is 25.2 Å². The van der Waals surface area contributed by atoms with Crippen LogP contribution in [0.4, 0.5) is 15.8 Å². The normalized spacial score (nSPS) is 15.8. The van der Waals surface area contributed by atoms with Gasteiger partial charge in [-0.1, -0.05) is 26.8 Å². The molecule has 0 bridgehead atoms. The maximum Gasteiger partial charge on any atom is 0.255 e. The molecule has 3 rings (SSSR count). The summed E-state index contributed by atoms with van der Waals surface area (Å²) >= 11 is 0. The Morgan fingerprint density at radius 1 is 1.15 bits per heavy atom. The number of anilines is 2. The Labute approximate surface area is 202 Å². The van der Waals surface area contributed by atoms with Crippen molar-refractivity contribution in [2.45, 2.75) is 52.7 Å². The van der Waals surface area contributed by atoms with Crippen LogP contribution in [0.2, 0.25) is 0 Å². The lowest BCUT2D eigenvalue weighted by atomic mass is 9.91. The minimum atomic E-state index is -0.460. The van der Waals surface area contributed by atoms with E-state index >= 15 is 0 Å². The fraction of sp³-hybridized carbons (Fsp3) is 0.481. The van der Waals surface area contributed by atoms with Crippen molar-refractivity contribution in [2.75, 3.05) is 37.5 Å². The molecule has 1 unspecified atom stereocenters. The molecule has 0 saturated carbocycles. The van der Waals surface area contributed by atoms with Crippen LogP contribution in [0.5, 0.6) is 0 Å². The van der Waals surface area contributed by atoms with Crippen LogP contribution in [-0.2, 0) is 16.1 Å². The van der Waals surface area contributed by atoms with E-state index in [1.54, 1.807) is 6.07 Å². The number of carbonyl (C=O) groups is 2. The molecule has 34 heavy (non-hydrogen) atoms. The van der Waals surface area contributed by atoms with Crippen LogP contribution >= 0.6 is 0 Å². The summed E-state index contributed by atoms with van der Waals surface area (Å²) in [6.45, 7) is 7.86. The van der Waals surface area contributed by atoms with E-state index in [9.17, 15) is 14.0 Å². The Hall–Kier alpha value is -2.93. The zero-order chi connectivity index (χ0) is 24.9. The third-order valence-corrected chi connectivity index (χ3v) is 5.75. The molecule has 1 atom stereocenters. The second-order valence-corrected chi connectivity index (χ2v) is 10.3. The molecule has 1 aliphatic rings. The first-order valence-electron chi connectivity index (χ1n) is 11.8. The summed E-state index contributed by atoms with van der Waals surface area (Å²) in [6, 6.07) is 11.2. The molecular formula is C27H36FN3O3. The van der Waals surface area contributed by atoms with Gasteiger partial charge in [-0.25, -0.2) is 4.39 Å². The first-order chi connectivity index (χ1) is 16.0. The molecule has 1 N–H and O–H groups in total. The van der Waals surface area contributed by atoms with Crippen molar-refractivity contribution in [1.29, 1.82) is 0 Å². The number of carbonyl (C=O) groups excluding carboxylic acids is 2. The van der Waals surface area contributed by atoms with E-state index < -0.39 is 5.82 Å². The topological polar surface area (TPSA) is 61.9 Å². The Kier molecular flexibility index (Phi) is 8.31. The summed E-state index contributed by atoms with van der Waals surface area (Å²) in [5.41, 5.74) is 2.59. The second-order valence-electron chi connectivity index (χ2n) is 10.3. The minimum absolute atomic E-state index is 0.0441. The van der Waals surface area contributed by atoms with E-state index in [4.69, 9.17) is 4.74 Å². The molecule has 0 radical (unpaired) electrons. The van der Waals surface area contributed by atoms with Gasteiger partial charge in [-0.05, 0) is 60.2 Å². The van der Waals surface area contributed by atoms with E-state index in [1.807, 2.05) is 42.1 Å². The lowest BCUT2D eigenvalue weighted by molar-refractivity contribution is -0.135. The number of hydrogen-bond acceptors (Lipinski definition) is 4. The number of rotatable bonds is 8. The van der Waals surface area contributed by atoms with Gasteiger partial charge in [0.25, 0.3) is 5.91 Å². The van der Waals surface area contributed by atoms with Gasteiger partial charge in [-0.3, -0.25) is 9.59 Å². The summed E-state index contributed by atoms with van der Waals surface area (Å²) in [4.78, 5) is 29.8. The van der Waals surface area contributed by atoms with Gasteiger partial charge in [0.1, 0.15) is 5.82 Å². The van der Waals surface area contributed by atoms with Gasteiger partial charge < -0.3 is 19.9 Å². The van der Waals surface area contributed by atoms with Gasteiger partial charge in [-0.2, -0.15) is 0 Å². The Morgan fingerprint density at radius 3 is 2.53 bits per heavy atom. The van der Waals surface area contributed by atoms with Crippen molar-refractivity contribution in [1.82, 2.24) is 4.90 Å². The molecule has 1 aliphatic heterocycles.